The van der Waals surface area contributed by atoms with Crippen LogP contribution in [0.5, 0.6) is 5.75 Å². The molecule has 1 saturated carbocycles. The van der Waals surface area contributed by atoms with E-state index in [-0.39, 0.29) is 11.8 Å². The van der Waals surface area contributed by atoms with E-state index in [4.69, 9.17) is 9.72 Å². The Hall–Kier alpha value is -3.40. The first-order valence-corrected chi connectivity index (χ1v) is 12.8. The fourth-order valence-electron chi connectivity index (χ4n) is 4.35. The molecule has 194 valence electrons. The van der Waals surface area contributed by atoms with Crippen molar-refractivity contribution in [2.45, 2.75) is 33.1 Å². The quantitative estimate of drug-likeness (QED) is 0.491. The molecule has 1 aliphatic carbocycles. The van der Waals surface area contributed by atoms with Gasteiger partial charge in [-0.25, -0.2) is 4.98 Å². The van der Waals surface area contributed by atoms with Crippen molar-refractivity contribution in [3.8, 4) is 5.75 Å². The fourth-order valence-corrected chi connectivity index (χ4v) is 4.35. The van der Waals surface area contributed by atoms with Crippen LogP contribution in [0.1, 0.15) is 43.5 Å². The molecule has 1 aromatic heterocycles. The molecule has 0 atom stereocenters. The number of fused-ring (bicyclic) bond motifs is 1. The molecule has 0 saturated heterocycles. The number of amides is 2. The number of nitrogens with one attached hydrogen (secondary N) is 2. The molecular formula is C26H37N7O3. The third-order valence-electron chi connectivity index (χ3n) is 6.87. The number of aromatic nitrogens is 2. The van der Waals surface area contributed by atoms with Crippen LogP contribution < -0.4 is 25.2 Å². The predicted molar refractivity (Wildman–Crippen MR) is 141 cm³/mol. The number of hydrogen-bond donors (Lipinski definition) is 2. The number of carbonyl (C=O) groups is 2. The summed E-state index contributed by atoms with van der Waals surface area (Å²) in [6.07, 6.45) is 4.59. The SMILES string of the molecule is CCN(CC)CCNC(=O)c1ccc(Nc2ncc3c(n2)N(CC2CC2)CCC(=O)N3C)c(OC)c1. The molecule has 2 aliphatic rings. The highest BCUT2D eigenvalue weighted by atomic mass is 16.5. The second-order valence-corrected chi connectivity index (χ2v) is 9.32. The zero-order chi connectivity index (χ0) is 25.7. The van der Waals surface area contributed by atoms with Gasteiger partial charge in [-0.05, 0) is 50.0 Å². The highest BCUT2D eigenvalue weighted by molar-refractivity contribution is 5.97. The summed E-state index contributed by atoms with van der Waals surface area (Å²) in [4.78, 5) is 40.5. The summed E-state index contributed by atoms with van der Waals surface area (Å²) in [5, 5.41) is 6.21. The zero-order valence-electron chi connectivity index (χ0n) is 21.7. The monoisotopic (exact) mass is 495 g/mol. The summed E-state index contributed by atoms with van der Waals surface area (Å²) in [6, 6.07) is 5.27. The molecule has 4 rings (SSSR count). The van der Waals surface area contributed by atoms with Crippen molar-refractivity contribution >= 4 is 35.0 Å². The van der Waals surface area contributed by atoms with Crippen molar-refractivity contribution in [2.75, 3.05) is 68.5 Å². The van der Waals surface area contributed by atoms with Crippen LogP contribution in [0.3, 0.4) is 0 Å². The lowest BCUT2D eigenvalue weighted by atomic mass is 10.1. The lowest BCUT2D eigenvalue weighted by molar-refractivity contribution is -0.118. The number of likely N-dealkylation sites (N-methyl/N-ethyl adjacent to an activating group) is 1. The van der Waals surface area contributed by atoms with Crippen LogP contribution in [0.25, 0.3) is 0 Å². The van der Waals surface area contributed by atoms with Gasteiger partial charge in [0, 0.05) is 45.2 Å². The van der Waals surface area contributed by atoms with Gasteiger partial charge in [0.05, 0.1) is 19.0 Å². The van der Waals surface area contributed by atoms with Crippen LogP contribution >= 0.6 is 0 Å². The smallest absolute Gasteiger partial charge is 0.251 e. The Morgan fingerprint density at radius 1 is 1.25 bits per heavy atom. The van der Waals surface area contributed by atoms with Gasteiger partial charge in [0.15, 0.2) is 5.82 Å². The number of nitrogens with zero attached hydrogens (tertiary/aromatic N) is 5. The molecule has 1 fully saturated rings. The summed E-state index contributed by atoms with van der Waals surface area (Å²) in [5.74, 6) is 2.27. The minimum Gasteiger partial charge on any atom is -0.495 e. The number of hydrogen-bond acceptors (Lipinski definition) is 8. The molecule has 0 bridgehead atoms. The number of anilines is 4. The third kappa shape index (κ3) is 6.04. The normalized spacial score (nSPS) is 15.5. The summed E-state index contributed by atoms with van der Waals surface area (Å²) in [7, 11) is 3.34. The van der Waals surface area contributed by atoms with Crippen molar-refractivity contribution in [2.24, 2.45) is 5.92 Å². The second-order valence-electron chi connectivity index (χ2n) is 9.32. The van der Waals surface area contributed by atoms with Crippen LogP contribution in [-0.4, -0.2) is 80.1 Å². The molecule has 0 radical (unpaired) electrons. The van der Waals surface area contributed by atoms with Crippen LogP contribution in [0.15, 0.2) is 24.4 Å². The minimum atomic E-state index is -0.142. The maximum atomic E-state index is 12.7. The Morgan fingerprint density at radius 3 is 2.72 bits per heavy atom. The van der Waals surface area contributed by atoms with Crippen LogP contribution in [0.4, 0.5) is 23.1 Å². The van der Waals surface area contributed by atoms with Crippen LogP contribution in [0.2, 0.25) is 0 Å². The number of methoxy groups -OCH3 is 1. The second kappa shape index (κ2) is 11.6. The van der Waals surface area contributed by atoms with Gasteiger partial charge in [-0.2, -0.15) is 4.98 Å². The zero-order valence-corrected chi connectivity index (χ0v) is 21.7. The summed E-state index contributed by atoms with van der Waals surface area (Å²) in [6.45, 7) is 9.06. The van der Waals surface area contributed by atoms with E-state index in [1.807, 2.05) is 0 Å². The topological polar surface area (TPSA) is 103 Å². The van der Waals surface area contributed by atoms with Crippen molar-refractivity contribution in [3.05, 3.63) is 30.0 Å². The Labute approximate surface area is 213 Å². The molecule has 10 nitrogen and oxygen atoms in total. The van der Waals surface area contributed by atoms with E-state index >= 15 is 0 Å². The van der Waals surface area contributed by atoms with E-state index in [1.165, 1.54) is 12.8 Å². The number of benzene rings is 1. The lowest BCUT2D eigenvalue weighted by Gasteiger charge is -2.24. The Bertz CT molecular complexity index is 1090. The molecule has 2 heterocycles. The highest BCUT2D eigenvalue weighted by Crippen LogP contribution is 2.36. The summed E-state index contributed by atoms with van der Waals surface area (Å²) >= 11 is 0. The third-order valence-corrected chi connectivity index (χ3v) is 6.87. The molecule has 10 heteroatoms. The van der Waals surface area contributed by atoms with Gasteiger partial charge in [-0.1, -0.05) is 13.8 Å². The van der Waals surface area contributed by atoms with E-state index in [0.29, 0.717) is 54.1 Å². The van der Waals surface area contributed by atoms with Gasteiger partial charge in [0.2, 0.25) is 11.9 Å². The van der Waals surface area contributed by atoms with Crippen molar-refractivity contribution < 1.29 is 14.3 Å². The Balaban J connectivity index is 1.50. The van der Waals surface area contributed by atoms with Crippen molar-refractivity contribution in [1.29, 1.82) is 0 Å². The molecule has 2 aromatic rings. The van der Waals surface area contributed by atoms with E-state index < -0.39 is 0 Å². The summed E-state index contributed by atoms with van der Waals surface area (Å²) in [5.41, 5.74) is 1.90. The van der Waals surface area contributed by atoms with Gasteiger partial charge in [-0.3, -0.25) is 9.59 Å². The van der Waals surface area contributed by atoms with Crippen molar-refractivity contribution in [3.63, 3.8) is 0 Å². The van der Waals surface area contributed by atoms with Gasteiger partial charge in [0.25, 0.3) is 5.91 Å². The van der Waals surface area contributed by atoms with Gasteiger partial charge in [-0.15, -0.1) is 0 Å². The predicted octanol–water partition coefficient (Wildman–Crippen LogP) is 2.88. The number of rotatable bonds is 11. The average molecular weight is 496 g/mol. The molecule has 0 spiro atoms. The minimum absolute atomic E-state index is 0.0616. The van der Waals surface area contributed by atoms with E-state index in [0.717, 1.165) is 32.0 Å². The maximum Gasteiger partial charge on any atom is 0.251 e. The molecule has 2 N–H and O–H groups in total. The first kappa shape index (κ1) is 25.7. The molecule has 1 aromatic carbocycles. The van der Waals surface area contributed by atoms with Crippen LogP contribution in [-0.2, 0) is 4.79 Å². The number of carbonyl (C=O) groups excluding carboxylic acids is 2. The molecular weight excluding hydrogens is 458 g/mol. The van der Waals surface area contributed by atoms with Gasteiger partial charge in [0.1, 0.15) is 11.4 Å². The molecule has 0 unspecified atom stereocenters. The largest absolute Gasteiger partial charge is 0.495 e. The standard InChI is InChI=1S/C26H37N7O3/c1-5-32(6-2)14-12-27-25(35)19-9-10-20(22(15-19)36-4)29-26-28-16-21-24(30-26)33(17-18-7-8-18)13-11-23(34)31(21)3/h9-10,15-16,18H,5-8,11-14,17H2,1-4H3,(H,27,35)(H,28,29,30). The maximum absolute atomic E-state index is 12.7. The average Bonchev–Trinajstić information content (AvgIpc) is 3.73. The summed E-state index contributed by atoms with van der Waals surface area (Å²) < 4.78 is 5.56. The lowest BCUT2D eigenvalue weighted by Crippen LogP contribution is -2.34. The van der Waals surface area contributed by atoms with E-state index in [9.17, 15) is 9.59 Å². The van der Waals surface area contributed by atoms with E-state index in [1.54, 1.807) is 43.5 Å². The Kier molecular flexibility index (Phi) is 8.25. The molecule has 36 heavy (non-hydrogen) atoms. The first-order chi connectivity index (χ1) is 17.4. The van der Waals surface area contributed by atoms with Crippen LogP contribution in [0, 0.1) is 5.92 Å². The molecule has 1 aliphatic heterocycles. The molecule has 2 amide bonds. The highest BCUT2D eigenvalue weighted by Gasteiger charge is 2.31. The fraction of sp³-hybridized carbons (Fsp3) is 0.538. The number of ether oxygens (including phenoxy) is 1. The van der Waals surface area contributed by atoms with E-state index in [2.05, 4.69) is 39.3 Å². The Morgan fingerprint density at radius 2 is 2.03 bits per heavy atom. The van der Waals surface area contributed by atoms with Gasteiger partial charge >= 0.3 is 0 Å². The first-order valence-electron chi connectivity index (χ1n) is 12.8. The van der Waals surface area contributed by atoms with Gasteiger partial charge < -0.3 is 30.1 Å². The van der Waals surface area contributed by atoms with Crippen molar-refractivity contribution in [1.82, 2.24) is 20.2 Å².